The second-order valence-electron chi connectivity index (χ2n) is 9.58. The van der Waals surface area contributed by atoms with Crippen molar-refractivity contribution in [2.24, 2.45) is 0 Å². The first-order chi connectivity index (χ1) is 16.7. The molecule has 2 unspecified atom stereocenters. The van der Waals surface area contributed by atoms with Crippen molar-refractivity contribution in [3.63, 3.8) is 0 Å². The number of benzene rings is 4. The third kappa shape index (κ3) is 2.63. The van der Waals surface area contributed by atoms with E-state index in [4.69, 9.17) is 0 Å². The van der Waals surface area contributed by atoms with Crippen LogP contribution in [-0.2, 0) is 0 Å². The van der Waals surface area contributed by atoms with E-state index < -0.39 is 0 Å². The van der Waals surface area contributed by atoms with Gasteiger partial charge in [0.15, 0.2) is 0 Å². The molecule has 34 heavy (non-hydrogen) atoms. The van der Waals surface area contributed by atoms with Gasteiger partial charge in [0.05, 0.1) is 11.8 Å². The van der Waals surface area contributed by atoms with E-state index in [-0.39, 0.29) is 11.8 Å². The summed E-state index contributed by atoms with van der Waals surface area (Å²) in [6.45, 7) is 4.47. The standard InChI is InChI=1S/C32H26N2/c1-19-11-3-5-13-21(19)27-29-23-15-7-9-17-25(23)34-32(29)28(22-14-6-4-12-20(22)2)30-24-16-8-10-18-26(24)33-31(27)30/h3-18,27-28,33-34H,1-2H3. The lowest BCUT2D eigenvalue weighted by Crippen LogP contribution is -2.20. The molecule has 2 aromatic heterocycles. The van der Waals surface area contributed by atoms with Crippen molar-refractivity contribution < 1.29 is 0 Å². The van der Waals surface area contributed by atoms with Gasteiger partial charge in [-0.05, 0) is 59.4 Å². The molecule has 0 bridgehead atoms. The van der Waals surface area contributed by atoms with Gasteiger partial charge >= 0.3 is 0 Å². The molecule has 2 heterocycles. The summed E-state index contributed by atoms with van der Waals surface area (Å²) in [6, 6.07) is 35.3. The summed E-state index contributed by atoms with van der Waals surface area (Å²) in [6.07, 6.45) is 0. The van der Waals surface area contributed by atoms with Crippen LogP contribution in [0.5, 0.6) is 0 Å². The second kappa shape index (κ2) is 7.23. The molecule has 164 valence electrons. The summed E-state index contributed by atoms with van der Waals surface area (Å²) in [5, 5.41) is 2.63. The molecule has 0 spiro atoms. The van der Waals surface area contributed by atoms with Gasteiger partial charge in [0.2, 0.25) is 0 Å². The predicted octanol–water partition coefficient (Wildman–Crippen LogP) is 7.94. The predicted molar refractivity (Wildman–Crippen MR) is 141 cm³/mol. The van der Waals surface area contributed by atoms with Crippen LogP contribution >= 0.6 is 0 Å². The average Bonchev–Trinajstić information content (AvgIpc) is 3.43. The molecule has 4 aromatic carbocycles. The summed E-state index contributed by atoms with van der Waals surface area (Å²) in [4.78, 5) is 7.79. The lowest BCUT2D eigenvalue weighted by molar-refractivity contribution is 0.794. The minimum Gasteiger partial charge on any atom is -0.357 e. The summed E-state index contributed by atoms with van der Waals surface area (Å²) in [7, 11) is 0. The van der Waals surface area contributed by atoms with Crippen LogP contribution in [0.3, 0.4) is 0 Å². The highest BCUT2D eigenvalue weighted by atomic mass is 14.8. The maximum atomic E-state index is 3.89. The molecule has 0 saturated heterocycles. The van der Waals surface area contributed by atoms with Crippen molar-refractivity contribution in [2.75, 3.05) is 0 Å². The zero-order valence-electron chi connectivity index (χ0n) is 19.4. The lowest BCUT2D eigenvalue weighted by atomic mass is 9.71. The van der Waals surface area contributed by atoms with E-state index in [1.54, 1.807) is 0 Å². The number of fused-ring (bicyclic) bond motifs is 6. The molecule has 0 amide bonds. The number of nitrogens with one attached hydrogen (secondary N) is 2. The maximum Gasteiger partial charge on any atom is 0.0521 e. The molecule has 0 saturated carbocycles. The van der Waals surface area contributed by atoms with Crippen LogP contribution in [0.4, 0.5) is 0 Å². The highest BCUT2D eigenvalue weighted by molar-refractivity contribution is 5.93. The van der Waals surface area contributed by atoms with Gasteiger partial charge in [-0.2, -0.15) is 0 Å². The van der Waals surface area contributed by atoms with Gasteiger partial charge < -0.3 is 9.97 Å². The van der Waals surface area contributed by atoms with Gasteiger partial charge in [-0.3, -0.25) is 0 Å². The highest BCUT2D eigenvalue weighted by Gasteiger charge is 2.40. The zero-order valence-corrected chi connectivity index (χ0v) is 19.4. The van der Waals surface area contributed by atoms with Crippen molar-refractivity contribution in [3.05, 3.63) is 142 Å². The third-order valence-corrected chi connectivity index (χ3v) is 7.71. The normalized spacial score (nSPS) is 17.1. The molecule has 0 fully saturated rings. The number of hydrogen-bond acceptors (Lipinski definition) is 0. The van der Waals surface area contributed by atoms with Crippen LogP contribution in [0.25, 0.3) is 21.8 Å². The number of H-pyrrole nitrogens is 2. The maximum absolute atomic E-state index is 3.89. The summed E-state index contributed by atoms with van der Waals surface area (Å²) in [5.74, 6) is 0.296. The van der Waals surface area contributed by atoms with Crippen molar-refractivity contribution in [1.29, 1.82) is 0 Å². The van der Waals surface area contributed by atoms with Crippen LogP contribution < -0.4 is 0 Å². The molecule has 2 heteroatoms. The van der Waals surface area contributed by atoms with Crippen molar-refractivity contribution >= 4 is 21.8 Å². The Balaban J connectivity index is 1.66. The Bertz CT molecular complexity index is 1570. The molecule has 6 aromatic rings. The number of aryl methyl sites for hydroxylation is 2. The fraction of sp³-hybridized carbons (Fsp3) is 0.125. The largest absolute Gasteiger partial charge is 0.357 e. The Morgan fingerprint density at radius 3 is 1.29 bits per heavy atom. The minimum atomic E-state index is 0.148. The molecule has 7 rings (SSSR count). The fourth-order valence-corrected chi connectivity index (χ4v) is 6.18. The lowest BCUT2D eigenvalue weighted by Gasteiger charge is -2.32. The Hall–Kier alpha value is -4.04. The minimum absolute atomic E-state index is 0.148. The Morgan fingerprint density at radius 2 is 0.853 bits per heavy atom. The number of para-hydroxylation sites is 2. The Kier molecular flexibility index (Phi) is 4.13. The van der Waals surface area contributed by atoms with Gasteiger partial charge in [-0.15, -0.1) is 0 Å². The summed E-state index contributed by atoms with van der Waals surface area (Å²) < 4.78 is 0. The van der Waals surface area contributed by atoms with Crippen LogP contribution in [0.15, 0.2) is 97.1 Å². The first-order valence-electron chi connectivity index (χ1n) is 12.0. The quantitative estimate of drug-likeness (QED) is 0.275. The summed E-state index contributed by atoms with van der Waals surface area (Å²) in [5.41, 5.74) is 13.2. The molecular weight excluding hydrogens is 412 g/mol. The van der Waals surface area contributed by atoms with Crippen LogP contribution in [0.2, 0.25) is 0 Å². The van der Waals surface area contributed by atoms with Gasteiger partial charge in [0.1, 0.15) is 0 Å². The molecule has 2 nitrogen and oxygen atoms in total. The molecular formula is C32H26N2. The SMILES string of the molecule is Cc1ccccc1C1c2[nH]c3ccccc3c2C(c2ccccc2C)c2[nH]c3ccccc3c21. The van der Waals surface area contributed by atoms with Gasteiger partial charge in [0, 0.05) is 33.2 Å². The van der Waals surface area contributed by atoms with Crippen molar-refractivity contribution in [1.82, 2.24) is 9.97 Å². The first kappa shape index (κ1) is 19.4. The van der Waals surface area contributed by atoms with Crippen molar-refractivity contribution in [2.45, 2.75) is 25.7 Å². The zero-order chi connectivity index (χ0) is 22.8. The fourth-order valence-electron chi connectivity index (χ4n) is 6.18. The highest BCUT2D eigenvalue weighted by Crippen LogP contribution is 2.53. The van der Waals surface area contributed by atoms with E-state index in [2.05, 4.69) is 121 Å². The van der Waals surface area contributed by atoms with Crippen LogP contribution in [-0.4, -0.2) is 9.97 Å². The second-order valence-corrected chi connectivity index (χ2v) is 9.58. The number of hydrogen-bond donors (Lipinski definition) is 2. The molecule has 0 radical (unpaired) electrons. The Morgan fingerprint density at radius 1 is 0.471 bits per heavy atom. The van der Waals surface area contributed by atoms with E-state index in [1.165, 1.54) is 66.6 Å². The van der Waals surface area contributed by atoms with E-state index in [0.717, 1.165) is 0 Å². The molecule has 1 aliphatic carbocycles. The van der Waals surface area contributed by atoms with Gasteiger partial charge in [-0.25, -0.2) is 0 Å². The molecule has 2 N–H and O–H groups in total. The van der Waals surface area contributed by atoms with E-state index >= 15 is 0 Å². The van der Waals surface area contributed by atoms with E-state index in [1.807, 2.05) is 0 Å². The van der Waals surface area contributed by atoms with Crippen LogP contribution in [0, 0.1) is 13.8 Å². The topological polar surface area (TPSA) is 31.6 Å². The number of aromatic nitrogens is 2. The van der Waals surface area contributed by atoms with Crippen molar-refractivity contribution in [3.8, 4) is 0 Å². The average molecular weight is 439 g/mol. The summed E-state index contributed by atoms with van der Waals surface area (Å²) >= 11 is 0. The smallest absolute Gasteiger partial charge is 0.0521 e. The van der Waals surface area contributed by atoms with E-state index in [0.29, 0.717) is 0 Å². The van der Waals surface area contributed by atoms with Crippen LogP contribution in [0.1, 0.15) is 56.6 Å². The third-order valence-electron chi connectivity index (χ3n) is 7.71. The first-order valence-corrected chi connectivity index (χ1v) is 12.0. The number of rotatable bonds is 2. The molecule has 1 aliphatic rings. The molecule has 0 aliphatic heterocycles. The van der Waals surface area contributed by atoms with E-state index in [9.17, 15) is 0 Å². The monoisotopic (exact) mass is 438 g/mol. The molecule has 2 atom stereocenters. The van der Waals surface area contributed by atoms with Gasteiger partial charge in [-0.1, -0.05) is 84.9 Å². The number of aromatic amines is 2. The Labute approximate surface area is 199 Å². The van der Waals surface area contributed by atoms with Gasteiger partial charge in [0.25, 0.3) is 0 Å².